The van der Waals surface area contributed by atoms with Crippen molar-refractivity contribution in [2.24, 2.45) is 0 Å². The van der Waals surface area contributed by atoms with Crippen LogP contribution in [0.2, 0.25) is 0 Å². The third kappa shape index (κ3) is 3.22. The second-order valence-electron chi connectivity index (χ2n) is 5.10. The molecule has 0 radical (unpaired) electrons. The first-order valence-corrected chi connectivity index (χ1v) is 6.52. The van der Waals surface area contributed by atoms with Gasteiger partial charge in [-0.15, -0.1) is 0 Å². The smallest absolute Gasteiger partial charge is 0.120 e. The highest BCUT2D eigenvalue weighted by molar-refractivity contribution is 9.09. The van der Waals surface area contributed by atoms with Gasteiger partial charge in [-0.25, -0.2) is 0 Å². The molecule has 0 heterocycles. The zero-order valence-corrected chi connectivity index (χ0v) is 12.0. The number of aromatic hydroxyl groups is 1. The average Bonchev–Trinajstić information content (AvgIpc) is 2.20. The van der Waals surface area contributed by atoms with Gasteiger partial charge >= 0.3 is 0 Å². The van der Waals surface area contributed by atoms with E-state index in [9.17, 15) is 5.11 Å². The largest absolute Gasteiger partial charge is 0.508 e. The van der Waals surface area contributed by atoms with Crippen LogP contribution in [0, 0.1) is 0 Å². The van der Waals surface area contributed by atoms with Crippen LogP contribution in [0.1, 0.15) is 25.0 Å². The summed E-state index contributed by atoms with van der Waals surface area (Å²) in [4.78, 5) is 2.06. The lowest BCUT2D eigenvalue weighted by Crippen LogP contribution is -2.19. The fourth-order valence-corrected chi connectivity index (χ4v) is 1.87. The van der Waals surface area contributed by atoms with Crippen molar-refractivity contribution in [1.82, 2.24) is 4.90 Å². The molecule has 2 nitrogen and oxygen atoms in total. The third-order valence-corrected chi connectivity index (χ3v) is 4.08. The van der Waals surface area contributed by atoms with Crippen molar-refractivity contribution in [3.8, 4) is 5.75 Å². The van der Waals surface area contributed by atoms with E-state index in [2.05, 4.69) is 40.7 Å². The Morgan fingerprint density at radius 1 is 1.31 bits per heavy atom. The Balaban J connectivity index is 3.07. The Morgan fingerprint density at radius 2 is 1.94 bits per heavy atom. The van der Waals surface area contributed by atoms with Gasteiger partial charge in [-0.1, -0.05) is 41.9 Å². The number of benzene rings is 1. The molecule has 0 aliphatic heterocycles. The van der Waals surface area contributed by atoms with Gasteiger partial charge in [-0.05, 0) is 31.1 Å². The van der Waals surface area contributed by atoms with E-state index in [1.54, 1.807) is 6.07 Å². The zero-order chi connectivity index (χ0) is 12.3. The minimum Gasteiger partial charge on any atom is -0.508 e. The Bertz CT molecular complexity index is 361. The molecule has 1 aromatic rings. The van der Waals surface area contributed by atoms with Gasteiger partial charge in [-0.3, -0.25) is 0 Å². The highest BCUT2D eigenvalue weighted by atomic mass is 79.9. The van der Waals surface area contributed by atoms with Crippen LogP contribution < -0.4 is 0 Å². The summed E-state index contributed by atoms with van der Waals surface area (Å²) >= 11 is 3.53. The quantitative estimate of drug-likeness (QED) is 0.860. The van der Waals surface area contributed by atoms with Gasteiger partial charge < -0.3 is 10.0 Å². The van der Waals surface area contributed by atoms with Crippen molar-refractivity contribution in [2.45, 2.75) is 25.8 Å². The Hall–Kier alpha value is -0.540. The standard InChI is InChI=1S/C13H20BrNO/c1-13(2,9-14)11-5-6-12(16)10(7-11)8-15(3)4/h5-7,16H,8-9H2,1-4H3. The minimum atomic E-state index is 0.0920. The lowest BCUT2D eigenvalue weighted by Gasteiger charge is -2.24. The van der Waals surface area contributed by atoms with Gasteiger partial charge in [0.15, 0.2) is 0 Å². The molecular formula is C13H20BrNO. The highest BCUT2D eigenvalue weighted by Crippen LogP contribution is 2.29. The summed E-state index contributed by atoms with van der Waals surface area (Å²) in [5.74, 6) is 0.378. The maximum atomic E-state index is 9.78. The number of hydrogen-bond acceptors (Lipinski definition) is 2. The molecule has 0 aliphatic carbocycles. The molecule has 0 aliphatic rings. The monoisotopic (exact) mass is 285 g/mol. The summed E-state index contributed by atoms with van der Waals surface area (Å²) in [6.07, 6.45) is 0. The van der Waals surface area contributed by atoms with Crippen molar-refractivity contribution in [1.29, 1.82) is 0 Å². The van der Waals surface area contributed by atoms with E-state index in [0.717, 1.165) is 17.4 Å². The number of phenols is 1. The molecule has 16 heavy (non-hydrogen) atoms. The summed E-state index contributed by atoms with van der Waals surface area (Å²) in [6, 6.07) is 5.88. The van der Waals surface area contributed by atoms with Crippen LogP contribution >= 0.6 is 15.9 Å². The predicted octanol–water partition coefficient (Wildman–Crippen LogP) is 3.13. The van der Waals surface area contributed by atoms with E-state index in [4.69, 9.17) is 0 Å². The molecule has 90 valence electrons. The molecule has 0 bridgehead atoms. The summed E-state index contributed by atoms with van der Waals surface area (Å²) < 4.78 is 0. The lowest BCUT2D eigenvalue weighted by atomic mass is 9.86. The maximum absolute atomic E-state index is 9.78. The topological polar surface area (TPSA) is 23.5 Å². The molecule has 0 saturated carbocycles. The molecule has 0 atom stereocenters. The number of hydrogen-bond donors (Lipinski definition) is 1. The number of alkyl halides is 1. The van der Waals surface area contributed by atoms with Crippen molar-refractivity contribution >= 4 is 15.9 Å². The summed E-state index contributed by atoms with van der Waals surface area (Å²) in [5.41, 5.74) is 2.32. The molecule has 0 amide bonds. The summed E-state index contributed by atoms with van der Waals surface area (Å²) in [6.45, 7) is 5.14. The fourth-order valence-electron chi connectivity index (χ4n) is 1.55. The van der Waals surface area contributed by atoms with Gasteiger partial charge in [-0.2, -0.15) is 0 Å². The van der Waals surface area contributed by atoms with E-state index in [0.29, 0.717) is 5.75 Å². The minimum absolute atomic E-state index is 0.0920. The molecule has 3 heteroatoms. The Kier molecular flexibility index (Phi) is 4.39. The first-order chi connectivity index (χ1) is 7.36. The summed E-state index contributed by atoms with van der Waals surface area (Å²) in [7, 11) is 4.00. The molecule has 1 N–H and O–H groups in total. The SMILES string of the molecule is CN(C)Cc1cc(C(C)(C)CBr)ccc1O. The third-order valence-electron chi connectivity index (χ3n) is 2.68. The Labute approximate surface area is 106 Å². The van der Waals surface area contributed by atoms with Gasteiger partial charge in [0.25, 0.3) is 0 Å². The van der Waals surface area contributed by atoms with Gasteiger partial charge in [0, 0.05) is 17.4 Å². The molecule has 0 unspecified atom stereocenters. The van der Waals surface area contributed by atoms with Crippen LogP contribution in [0.15, 0.2) is 18.2 Å². The van der Waals surface area contributed by atoms with Crippen molar-refractivity contribution < 1.29 is 5.11 Å². The van der Waals surface area contributed by atoms with E-state index in [1.165, 1.54) is 5.56 Å². The molecule has 0 fully saturated rings. The van der Waals surface area contributed by atoms with E-state index < -0.39 is 0 Å². The molecule has 0 aromatic heterocycles. The van der Waals surface area contributed by atoms with Crippen LogP contribution in [0.3, 0.4) is 0 Å². The number of phenolic OH excluding ortho intramolecular Hbond substituents is 1. The predicted molar refractivity (Wildman–Crippen MR) is 72.3 cm³/mol. The summed E-state index contributed by atoms with van der Waals surface area (Å²) in [5, 5.41) is 10.7. The second kappa shape index (κ2) is 5.19. The van der Waals surface area contributed by atoms with Crippen LogP contribution in [-0.2, 0) is 12.0 Å². The van der Waals surface area contributed by atoms with Crippen molar-refractivity contribution in [2.75, 3.05) is 19.4 Å². The van der Waals surface area contributed by atoms with Crippen LogP contribution in [-0.4, -0.2) is 29.4 Å². The van der Waals surface area contributed by atoms with Crippen molar-refractivity contribution in [3.63, 3.8) is 0 Å². The fraction of sp³-hybridized carbons (Fsp3) is 0.538. The average molecular weight is 286 g/mol. The van der Waals surface area contributed by atoms with Gasteiger partial charge in [0.2, 0.25) is 0 Å². The number of halogens is 1. The molecule has 0 spiro atoms. The van der Waals surface area contributed by atoms with E-state index in [1.807, 2.05) is 20.2 Å². The van der Waals surface area contributed by atoms with Gasteiger partial charge in [0.1, 0.15) is 5.75 Å². The molecule has 1 rings (SSSR count). The lowest BCUT2D eigenvalue weighted by molar-refractivity contribution is 0.385. The van der Waals surface area contributed by atoms with Crippen LogP contribution in [0.25, 0.3) is 0 Å². The molecule has 0 saturated heterocycles. The zero-order valence-electron chi connectivity index (χ0n) is 10.4. The highest BCUT2D eigenvalue weighted by Gasteiger charge is 2.20. The van der Waals surface area contributed by atoms with Crippen molar-refractivity contribution in [3.05, 3.63) is 29.3 Å². The van der Waals surface area contributed by atoms with Crippen LogP contribution in [0.4, 0.5) is 0 Å². The normalized spacial score (nSPS) is 12.1. The van der Waals surface area contributed by atoms with Gasteiger partial charge in [0.05, 0.1) is 0 Å². The molecule has 1 aromatic carbocycles. The maximum Gasteiger partial charge on any atom is 0.120 e. The second-order valence-corrected chi connectivity index (χ2v) is 5.66. The number of rotatable bonds is 4. The van der Waals surface area contributed by atoms with E-state index >= 15 is 0 Å². The first-order valence-electron chi connectivity index (χ1n) is 5.40. The first kappa shape index (κ1) is 13.5. The van der Waals surface area contributed by atoms with Crippen LogP contribution in [0.5, 0.6) is 5.75 Å². The Morgan fingerprint density at radius 3 is 2.44 bits per heavy atom. The molecular weight excluding hydrogens is 266 g/mol. The van der Waals surface area contributed by atoms with E-state index in [-0.39, 0.29) is 5.41 Å². The number of nitrogens with zero attached hydrogens (tertiary/aromatic N) is 1.